The number of aliphatic hydroxyl groups is 6. The van der Waals surface area contributed by atoms with E-state index in [0.29, 0.717) is 0 Å². The van der Waals surface area contributed by atoms with E-state index in [-0.39, 0.29) is 0 Å². The van der Waals surface area contributed by atoms with Crippen LogP contribution < -0.4 is 0 Å². The van der Waals surface area contributed by atoms with E-state index in [4.69, 9.17) is 14.2 Å². The quantitative estimate of drug-likeness (QED) is 0.312. The van der Waals surface area contributed by atoms with E-state index in [0.717, 1.165) is 0 Å². The molecule has 10 atom stereocenters. The summed E-state index contributed by atoms with van der Waals surface area (Å²) in [6, 6.07) is 0. The minimum atomic E-state index is -1.77. The molecule has 2 heterocycles. The minimum Gasteiger partial charge on any atom is -0.388 e. The molecule has 0 bridgehead atoms. The van der Waals surface area contributed by atoms with Crippen molar-refractivity contribution in [2.75, 3.05) is 6.67 Å². The van der Waals surface area contributed by atoms with Crippen LogP contribution in [0.25, 0.3) is 0 Å². The minimum absolute atomic E-state index is 0.884. The maximum atomic E-state index is 12.6. The van der Waals surface area contributed by atoms with Crippen LogP contribution in [0.4, 0.5) is 4.39 Å². The van der Waals surface area contributed by atoms with Gasteiger partial charge in [-0.2, -0.15) is 0 Å². The van der Waals surface area contributed by atoms with E-state index in [1.165, 1.54) is 6.92 Å². The molecule has 0 aromatic rings. The van der Waals surface area contributed by atoms with Crippen molar-refractivity contribution >= 4 is 0 Å². The molecule has 130 valence electrons. The Labute approximate surface area is 125 Å². The van der Waals surface area contributed by atoms with Gasteiger partial charge >= 0.3 is 0 Å². The molecule has 0 amide bonds. The highest BCUT2D eigenvalue weighted by Crippen LogP contribution is 2.28. The van der Waals surface area contributed by atoms with E-state index in [2.05, 4.69) is 0 Å². The summed E-state index contributed by atoms with van der Waals surface area (Å²) in [6.45, 7) is 0.306. The zero-order valence-corrected chi connectivity index (χ0v) is 11.8. The fourth-order valence-corrected chi connectivity index (χ4v) is 2.48. The predicted molar refractivity (Wildman–Crippen MR) is 66.1 cm³/mol. The van der Waals surface area contributed by atoms with Gasteiger partial charge in [0.1, 0.15) is 49.4 Å². The van der Waals surface area contributed by atoms with Crippen LogP contribution in [-0.2, 0) is 14.2 Å². The van der Waals surface area contributed by atoms with Gasteiger partial charge in [-0.05, 0) is 6.92 Å². The molecule has 9 nitrogen and oxygen atoms in total. The molecule has 0 radical (unpaired) electrons. The Morgan fingerprint density at radius 2 is 1.50 bits per heavy atom. The van der Waals surface area contributed by atoms with Crippen LogP contribution in [0, 0.1) is 0 Å². The maximum absolute atomic E-state index is 12.6. The van der Waals surface area contributed by atoms with Crippen LogP contribution in [0.5, 0.6) is 0 Å². The standard InChI is InChI=1S/C12H21FO9/c1-3-5(14)7(16)9(18)12(20-3)22-10-8(17)6(15)4(2-13)21-11(10)19/h3-12,14-19H,2H2,1H3/t3-,4+,5+,6-,7+,8-,9-,10+,11+,12-/m0/s1. The first-order valence-electron chi connectivity index (χ1n) is 6.88. The summed E-state index contributed by atoms with van der Waals surface area (Å²) in [6.07, 6.45) is -15.0. The zero-order valence-electron chi connectivity index (χ0n) is 11.8. The Kier molecular flexibility index (Phi) is 5.69. The lowest BCUT2D eigenvalue weighted by Crippen LogP contribution is -2.63. The first-order valence-corrected chi connectivity index (χ1v) is 6.88. The summed E-state index contributed by atoms with van der Waals surface area (Å²) in [5.74, 6) is 0. The lowest BCUT2D eigenvalue weighted by Gasteiger charge is -2.44. The Morgan fingerprint density at radius 1 is 0.864 bits per heavy atom. The average Bonchev–Trinajstić information content (AvgIpc) is 2.49. The molecule has 2 aliphatic rings. The van der Waals surface area contributed by atoms with Gasteiger partial charge in [0.2, 0.25) is 0 Å². The van der Waals surface area contributed by atoms with Crippen molar-refractivity contribution in [2.45, 2.75) is 68.3 Å². The van der Waals surface area contributed by atoms with Crippen LogP contribution >= 0.6 is 0 Å². The topological polar surface area (TPSA) is 149 Å². The molecule has 2 saturated heterocycles. The Balaban J connectivity index is 2.06. The lowest BCUT2D eigenvalue weighted by atomic mass is 9.98. The second-order valence-electron chi connectivity index (χ2n) is 5.48. The number of hydrogen-bond donors (Lipinski definition) is 6. The summed E-state index contributed by atoms with van der Waals surface area (Å²) in [5.41, 5.74) is 0. The smallest absolute Gasteiger partial charge is 0.187 e. The molecule has 0 spiro atoms. The van der Waals surface area contributed by atoms with Gasteiger partial charge in [-0.15, -0.1) is 0 Å². The van der Waals surface area contributed by atoms with E-state index in [1.54, 1.807) is 0 Å². The molecule has 2 rings (SSSR count). The average molecular weight is 328 g/mol. The molecular formula is C12H21FO9. The molecule has 0 aliphatic carbocycles. The predicted octanol–water partition coefficient (Wildman–Crippen LogP) is -3.39. The van der Waals surface area contributed by atoms with Gasteiger partial charge in [0.05, 0.1) is 6.10 Å². The highest BCUT2D eigenvalue weighted by Gasteiger charge is 2.49. The van der Waals surface area contributed by atoms with Crippen molar-refractivity contribution in [3.05, 3.63) is 0 Å². The normalized spacial score (nSPS) is 53.5. The van der Waals surface area contributed by atoms with Gasteiger partial charge in [0.15, 0.2) is 12.6 Å². The first kappa shape index (κ1) is 17.9. The second kappa shape index (κ2) is 6.99. The second-order valence-corrected chi connectivity index (χ2v) is 5.48. The lowest BCUT2D eigenvalue weighted by molar-refractivity contribution is -0.357. The van der Waals surface area contributed by atoms with Crippen LogP contribution in [0.2, 0.25) is 0 Å². The fraction of sp³-hybridized carbons (Fsp3) is 1.00. The van der Waals surface area contributed by atoms with Gasteiger partial charge in [-0.1, -0.05) is 0 Å². The van der Waals surface area contributed by atoms with Crippen molar-refractivity contribution in [1.29, 1.82) is 0 Å². The highest BCUT2D eigenvalue weighted by molar-refractivity contribution is 4.92. The molecule has 6 N–H and O–H groups in total. The van der Waals surface area contributed by atoms with Gasteiger partial charge in [0, 0.05) is 0 Å². The third-order valence-corrected chi connectivity index (χ3v) is 3.91. The van der Waals surface area contributed by atoms with E-state index < -0.39 is 68.1 Å². The molecule has 0 aromatic heterocycles. The van der Waals surface area contributed by atoms with Gasteiger partial charge in [-0.25, -0.2) is 4.39 Å². The summed E-state index contributed by atoms with van der Waals surface area (Å²) in [4.78, 5) is 0. The number of hydrogen-bond acceptors (Lipinski definition) is 9. The summed E-state index contributed by atoms with van der Waals surface area (Å²) < 4.78 is 27.7. The Hall–Kier alpha value is -0.430. The van der Waals surface area contributed by atoms with Crippen molar-refractivity contribution < 1.29 is 49.2 Å². The Bertz CT molecular complexity index is 373. The number of halogens is 1. The molecule has 22 heavy (non-hydrogen) atoms. The number of ether oxygens (including phenoxy) is 3. The van der Waals surface area contributed by atoms with Crippen molar-refractivity contribution in [3.8, 4) is 0 Å². The summed E-state index contributed by atoms with van der Waals surface area (Å²) in [7, 11) is 0. The van der Waals surface area contributed by atoms with Crippen molar-refractivity contribution in [2.24, 2.45) is 0 Å². The third kappa shape index (κ3) is 3.25. The summed E-state index contributed by atoms with van der Waals surface area (Å²) >= 11 is 0. The number of rotatable bonds is 3. The molecule has 0 unspecified atom stereocenters. The molecule has 0 aromatic carbocycles. The molecule has 2 fully saturated rings. The van der Waals surface area contributed by atoms with Crippen LogP contribution in [0.1, 0.15) is 6.92 Å². The fourth-order valence-electron chi connectivity index (χ4n) is 2.48. The van der Waals surface area contributed by atoms with Crippen molar-refractivity contribution in [3.63, 3.8) is 0 Å². The van der Waals surface area contributed by atoms with Gasteiger partial charge in [-0.3, -0.25) is 0 Å². The van der Waals surface area contributed by atoms with Crippen LogP contribution in [-0.4, -0.2) is 98.7 Å². The molecular weight excluding hydrogens is 307 g/mol. The van der Waals surface area contributed by atoms with Gasteiger partial charge < -0.3 is 44.8 Å². The zero-order chi connectivity index (χ0) is 16.6. The highest BCUT2D eigenvalue weighted by atomic mass is 19.1. The first-order chi connectivity index (χ1) is 10.3. The van der Waals surface area contributed by atoms with Crippen LogP contribution in [0.15, 0.2) is 0 Å². The molecule has 2 aliphatic heterocycles. The van der Waals surface area contributed by atoms with E-state index >= 15 is 0 Å². The third-order valence-electron chi connectivity index (χ3n) is 3.91. The monoisotopic (exact) mass is 328 g/mol. The van der Waals surface area contributed by atoms with Crippen LogP contribution in [0.3, 0.4) is 0 Å². The Morgan fingerprint density at radius 3 is 2.09 bits per heavy atom. The van der Waals surface area contributed by atoms with E-state index in [9.17, 15) is 35.0 Å². The van der Waals surface area contributed by atoms with Gasteiger partial charge in [0.25, 0.3) is 0 Å². The van der Waals surface area contributed by atoms with Crippen molar-refractivity contribution in [1.82, 2.24) is 0 Å². The molecule has 0 saturated carbocycles. The number of aliphatic hydroxyl groups excluding tert-OH is 6. The summed E-state index contributed by atoms with van der Waals surface area (Å²) in [5, 5.41) is 58.3. The molecule has 10 heteroatoms. The van der Waals surface area contributed by atoms with E-state index in [1.807, 2.05) is 0 Å². The largest absolute Gasteiger partial charge is 0.388 e. The maximum Gasteiger partial charge on any atom is 0.187 e. The number of alkyl halides is 1. The SMILES string of the molecule is C[C@@H]1O[C@@H](O[C@@H]2[C@@H](O)[C@@H](O)[C@@H](CF)O[C@H]2O)[C@@H](O)[C@H](O)[C@@H]1O.